The zero-order valence-electron chi connectivity index (χ0n) is 51.3. The predicted molar refractivity (Wildman–Crippen MR) is 292 cm³/mol. The van der Waals surface area contributed by atoms with Crippen molar-refractivity contribution < 1.29 is 160 Å². The Kier molecular flexibility index (Phi) is 23.0. The number of carbonyl (C=O) groups is 1. The molecule has 0 unspecified atom stereocenters. The molecule has 0 bridgehead atoms. The Morgan fingerprint density at radius 3 is 1.69 bits per heavy atom. The van der Waals surface area contributed by atoms with Crippen LogP contribution < -0.4 is 29.6 Å². The zero-order valence-corrected chi connectivity index (χ0v) is 54.1. The monoisotopic (exact) mass is 1280 g/mol. The maximum Gasteiger partial charge on any atom is 1.00 e. The molecule has 27 nitrogen and oxygen atoms in total. The van der Waals surface area contributed by atoms with Crippen molar-refractivity contribution in [3.8, 4) is 0 Å². The van der Waals surface area contributed by atoms with Crippen molar-refractivity contribution in [3.63, 3.8) is 0 Å². The van der Waals surface area contributed by atoms with Crippen LogP contribution in [0.2, 0.25) is 0 Å². The molecule has 494 valence electrons. The molecule has 0 spiro atoms. The standard InChI is InChI=1S/C58H94O27S.Na/c1-22(2)17-28(60)18-23(3)30-11-12-34-56(30,8)16-14-35-57(9)15-13-29(85-86(72,73)74)19-31(57)32(20-58(34,35)10)79-53-46(71)48(39(64)33(21-59)80-53)82-55-50(84-52-44(69)41(66)37(62)25(5)76-52)45(70)47(27(7)78-55)81-54-49(42(67)38(63)26(6)77-54)83-51-43(68)40(65)36(61)24(4)75-51;/h14,17,23-27,29-34,36-55,59,61-71H,11-13,15-16,18-21H2,1-10H3,(H,72,73,74);/q;+1/p-1/t23-,24-,25+,26-,27-,29+,30-,31-,32+,33-,34-,36+,37+,38+,39-,40+,41-,42+,43-,44+,45+,46-,47-,48+,49-,50-,51+,52-,53-,54+,55+,56-,57+,58+;/m1./s1. The first kappa shape index (κ1) is 72.0. The molecule has 5 heterocycles. The summed E-state index contributed by atoms with van der Waals surface area (Å²) in [4.78, 5) is 13.2. The van der Waals surface area contributed by atoms with Crippen molar-refractivity contribution in [2.45, 2.75) is 286 Å². The molecule has 34 atom stereocenters. The predicted octanol–water partition coefficient (Wildman–Crippen LogP) is -4.43. The molecule has 0 aromatic rings. The van der Waals surface area contributed by atoms with Gasteiger partial charge in [-0.1, -0.05) is 44.9 Å². The summed E-state index contributed by atoms with van der Waals surface area (Å²) in [6.07, 6.45) is -36.4. The fraction of sp³-hybridized carbons (Fsp3) is 0.914. The molecule has 4 aliphatic carbocycles. The molecule has 0 aromatic carbocycles. The molecule has 87 heavy (non-hydrogen) atoms. The molecule has 12 N–H and O–H groups in total. The Morgan fingerprint density at radius 1 is 0.632 bits per heavy atom. The largest absolute Gasteiger partial charge is 1.00 e. The number of aliphatic hydroxyl groups is 12. The van der Waals surface area contributed by atoms with Crippen LogP contribution in [-0.4, -0.2) is 252 Å². The number of hydrogen-bond donors (Lipinski definition) is 12. The van der Waals surface area contributed by atoms with Crippen LogP contribution in [-0.2, 0) is 66.7 Å². The third-order valence-corrected chi connectivity index (χ3v) is 21.4. The van der Waals surface area contributed by atoms with E-state index in [4.69, 9.17) is 51.6 Å². The van der Waals surface area contributed by atoms with E-state index in [1.807, 2.05) is 13.8 Å². The van der Waals surface area contributed by atoms with Crippen LogP contribution in [0.3, 0.4) is 0 Å². The number of ether oxygens (including phenoxy) is 10. The minimum Gasteiger partial charge on any atom is -0.726 e. The van der Waals surface area contributed by atoms with E-state index in [-0.39, 0.29) is 71.4 Å². The van der Waals surface area contributed by atoms with Gasteiger partial charge in [0.15, 0.2) is 37.2 Å². The van der Waals surface area contributed by atoms with E-state index >= 15 is 0 Å². The second-order valence-corrected chi connectivity index (χ2v) is 28.0. The normalized spacial score (nSPS) is 51.4. The third-order valence-electron chi connectivity index (χ3n) is 20.9. The van der Waals surface area contributed by atoms with E-state index in [0.717, 1.165) is 30.4 Å². The number of rotatable bonds is 17. The van der Waals surface area contributed by atoms with Crippen molar-refractivity contribution in [3.05, 3.63) is 23.3 Å². The smallest absolute Gasteiger partial charge is 0.726 e. The topological polar surface area (TPSA) is 419 Å². The number of hydrogen-bond acceptors (Lipinski definition) is 27. The first-order valence-corrected chi connectivity index (χ1v) is 31.6. The summed E-state index contributed by atoms with van der Waals surface area (Å²) < 4.78 is 103. The molecular formula is C58H93NaO27S. The van der Waals surface area contributed by atoms with E-state index in [2.05, 4.69) is 33.8 Å². The third kappa shape index (κ3) is 14.1. The zero-order chi connectivity index (χ0) is 63.2. The molecular weight excluding hydrogens is 1180 g/mol. The summed E-state index contributed by atoms with van der Waals surface area (Å²) >= 11 is 0. The summed E-state index contributed by atoms with van der Waals surface area (Å²) in [7, 11) is -5.15. The average molecular weight is 1280 g/mol. The van der Waals surface area contributed by atoms with Gasteiger partial charge < -0.3 is 113 Å². The fourth-order valence-electron chi connectivity index (χ4n) is 16.5. The number of aliphatic hydroxyl groups excluding tert-OH is 12. The fourth-order valence-corrected chi connectivity index (χ4v) is 17.0. The van der Waals surface area contributed by atoms with Crippen molar-refractivity contribution in [2.75, 3.05) is 6.61 Å². The summed E-state index contributed by atoms with van der Waals surface area (Å²) in [5, 5.41) is 135. The van der Waals surface area contributed by atoms with Crippen molar-refractivity contribution in [1.82, 2.24) is 0 Å². The van der Waals surface area contributed by atoms with Gasteiger partial charge in [0.25, 0.3) is 0 Å². The van der Waals surface area contributed by atoms with E-state index in [1.165, 1.54) is 27.7 Å². The van der Waals surface area contributed by atoms with E-state index < -0.39 is 199 Å². The van der Waals surface area contributed by atoms with Gasteiger partial charge in [0.05, 0.1) is 43.2 Å². The van der Waals surface area contributed by atoms with Gasteiger partial charge >= 0.3 is 29.6 Å². The summed E-state index contributed by atoms with van der Waals surface area (Å²) in [5.74, 6) is -0.191. The SMILES string of the molecule is CC(C)=CC(=O)C[C@@H](C)[C@H]1CC[C@@H]2[C@]1(C)CC=C1[C@@]3(C)CC[C@H](OS(=O)(=O)[O-])C[C@@H]3[C@@H](O[C@@H]3O[C@H](CO)[C@@H](O)[C@H](O[C@@H]4O[C@H](C)[C@@H](O[C@@H]5O[C@H](C)[C@H](O)[C@H](O)[C@H]5O[C@@H]5O[C@H](C)[C@H](O)[C@H](O)[C@H]5O)[C@H](O)[C@H]4O[C@H]4O[C@@H](C)[C@H](O)[C@@H](O)[C@@H]4O)[C@H]3O)C[C@]12C.[Na+]. The minimum atomic E-state index is -5.15. The van der Waals surface area contributed by atoms with Gasteiger partial charge in [-0.3, -0.25) is 8.98 Å². The van der Waals surface area contributed by atoms with Gasteiger partial charge in [-0.2, -0.15) is 0 Å². The maximum atomic E-state index is 13.2. The number of allylic oxidation sites excluding steroid dienone is 4. The summed E-state index contributed by atoms with van der Waals surface area (Å²) in [5.41, 5.74) is 0.562. The van der Waals surface area contributed by atoms with Gasteiger partial charge in [-0.25, -0.2) is 8.42 Å². The van der Waals surface area contributed by atoms with Crippen LogP contribution in [0.4, 0.5) is 0 Å². The molecule has 0 aromatic heterocycles. The van der Waals surface area contributed by atoms with Crippen LogP contribution in [0.25, 0.3) is 0 Å². The molecule has 0 radical (unpaired) electrons. The van der Waals surface area contributed by atoms with Gasteiger partial charge in [0.2, 0.25) is 10.4 Å². The van der Waals surface area contributed by atoms with E-state index in [0.29, 0.717) is 19.3 Å². The Labute approximate surface area is 529 Å². The average Bonchev–Trinajstić information content (AvgIpc) is 1.69. The molecule has 0 amide bonds. The van der Waals surface area contributed by atoms with Crippen molar-refractivity contribution in [1.29, 1.82) is 0 Å². The van der Waals surface area contributed by atoms with Gasteiger partial charge in [0.1, 0.15) is 97.7 Å². The van der Waals surface area contributed by atoms with Crippen LogP contribution in [0.15, 0.2) is 23.3 Å². The van der Waals surface area contributed by atoms with Crippen LogP contribution in [0.5, 0.6) is 0 Å². The molecule has 29 heteroatoms. The van der Waals surface area contributed by atoms with Crippen LogP contribution in [0, 0.1) is 39.9 Å². The Bertz CT molecular complexity index is 2530. The second-order valence-electron chi connectivity index (χ2n) is 27.0. The maximum absolute atomic E-state index is 13.2. The van der Waals surface area contributed by atoms with Crippen LogP contribution >= 0.6 is 0 Å². The molecule has 5 saturated heterocycles. The number of carbonyl (C=O) groups excluding carboxylic acids is 1. The van der Waals surface area contributed by atoms with Crippen LogP contribution in [0.1, 0.15) is 121 Å². The number of ketones is 1. The van der Waals surface area contributed by atoms with E-state index in [1.54, 1.807) is 6.08 Å². The van der Waals surface area contributed by atoms with Gasteiger partial charge in [-0.05, 0) is 132 Å². The molecule has 8 fully saturated rings. The molecule has 9 aliphatic rings. The van der Waals surface area contributed by atoms with Crippen molar-refractivity contribution >= 4 is 16.2 Å². The quantitative estimate of drug-likeness (QED) is 0.0215. The number of fused-ring (bicyclic) bond motifs is 5. The molecule has 9 rings (SSSR count). The molecule has 5 aliphatic heterocycles. The Morgan fingerprint density at radius 2 is 1.14 bits per heavy atom. The first-order valence-electron chi connectivity index (χ1n) is 30.3. The molecule has 3 saturated carbocycles. The second kappa shape index (κ2) is 27.8. The van der Waals surface area contributed by atoms with E-state index in [9.17, 15) is 79.0 Å². The Hall–Kier alpha value is -0.860. The summed E-state index contributed by atoms with van der Waals surface area (Å²) in [6.45, 7) is 17.2. The van der Waals surface area contributed by atoms with Crippen molar-refractivity contribution in [2.24, 2.45) is 39.9 Å². The summed E-state index contributed by atoms with van der Waals surface area (Å²) in [6, 6.07) is 0. The first-order chi connectivity index (χ1) is 40.1. The van der Waals surface area contributed by atoms with Gasteiger partial charge in [0, 0.05) is 6.42 Å². The Balaban J connectivity index is 0.00000982. The van der Waals surface area contributed by atoms with Gasteiger partial charge in [-0.15, -0.1) is 0 Å². The minimum absolute atomic E-state index is 0.